The third kappa shape index (κ3) is 7.70. The van der Waals surface area contributed by atoms with Crippen LogP contribution in [0.2, 0.25) is 10.0 Å². The molecule has 7 nitrogen and oxygen atoms in total. The van der Waals surface area contributed by atoms with Gasteiger partial charge < -0.3 is 20.7 Å². The molecule has 1 aliphatic rings. The number of rotatable bonds is 7. The highest BCUT2D eigenvalue weighted by Gasteiger charge is 2.21. The van der Waals surface area contributed by atoms with Crippen LogP contribution in [0.3, 0.4) is 0 Å². The lowest BCUT2D eigenvalue weighted by molar-refractivity contribution is -0.114. The smallest absolute Gasteiger partial charge is 0.315 e. The van der Waals surface area contributed by atoms with Crippen LogP contribution < -0.4 is 16.0 Å². The van der Waals surface area contributed by atoms with E-state index in [1.165, 1.54) is 6.92 Å². The molecule has 166 valence electrons. The van der Waals surface area contributed by atoms with Crippen LogP contribution in [0.4, 0.5) is 10.5 Å². The number of nitrogens with zero attached hydrogens (tertiary/aromatic N) is 1. The summed E-state index contributed by atoms with van der Waals surface area (Å²) in [6.07, 6.45) is -0.0923. The minimum atomic E-state index is -0.268. The largest absolute Gasteiger partial charge is 0.374 e. The van der Waals surface area contributed by atoms with Crippen LogP contribution in [0.25, 0.3) is 0 Å². The van der Waals surface area contributed by atoms with Gasteiger partial charge in [-0.2, -0.15) is 0 Å². The van der Waals surface area contributed by atoms with Crippen molar-refractivity contribution < 1.29 is 14.3 Å². The Kier molecular flexibility index (Phi) is 8.54. The Hall–Kier alpha value is -2.32. The van der Waals surface area contributed by atoms with Crippen LogP contribution in [0, 0.1) is 0 Å². The quantitative estimate of drug-likeness (QED) is 0.583. The Labute approximate surface area is 192 Å². The first-order chi connectivity index (χ1) is 14.9. The number of benzene rings is 2. The molecule has 0 bridgehead atoms. The normalized spacial score (nSPS) is 16.5. The van der Waals surface area contributed by atoms with Crippen molar-refractivity contribution in [2.24, 2.45) is 0 Å². The van der Waals surface area contributed by atoms with Crippen molar-refractivity contribution in [3.05, 3.63) is 63.6 Å². The summed E-state index contributed by atoms with van der Waals surface area (Å²) in [4.78, 5) is 25.6. The number of hydrogen-bond acceptors (Lipinski definition) is 4. The van der Waals surface area contributed by atoms with Crippen LogP contribution in [-0.4, -0.2) is 49.2 Å². The van der Waals surface area contributed by atoms with Crippen molar-refractivity contribution in [3.63, 3.8) is 0 Å². The van der Waals surface area contributed by atoms with Crippen LogP contribution in [0.15, 0.2) is 42.5 Å². The van der Waals surface area contributed by atoms with Crippen molar-refractivity contribution >= 4 is 40.8 Å². The van der Waals surface area contributed by atoms with E-state index in [4.69, 9.17) is 27.9 Å². The first-order valence-corrected chi connectivity index (χ1v) is 10.8. The number of morpholine rings is 1. The predicted molar refractivity (Wildman–Crippen MR) is 122 cm³/mol. The molecule has 0 aliphatic carbocycles. The first kappa shape index (κ1) is 23.3. The van der Waals surface area contributed by atoms with E-state index in [2.05, 4.69) is 20.9 Å². The van der Waals surface area contributed by atoms with Crippen molar-refractivity contribution in [2.75, 3.05) is 31.6 Å². The minimum Gasteiger partial charge on any atom is -0.374 e. The average molecular weight is 465 g/mol. The summed E-state index contributed by atoms with van der Waals surface area (Å²) in [5, 5.41) is 9.50. The number of amides is 3. The summed E-state index contributed by atoms with van der Waals surface area (Å²) in [5.74, 6) is -0.136. The van der Waals surface area contributed by atoms with Gasteiger partial charge in [0.2, 0.25) is 5.91 Å². The van der Waals surface area contributed by atoms with Gasteiger partial charge in [-0.15, -0.1) is 0 Å². The molecule has 1 saturated heterocycles. The second kappa shape index (κ2) is 11.3. The molecule has 0 aromatic heterocycles. The summed E-state index contributed by atoms with van der Waals surface area (Å²) in [6, 6.07) is 12.7. The maximum Gasteiger partial charge on any atom is 0.315 e. The highest BCUT2D eigenvalue weighted by atomic mass is 35.5. The molecule has 2 aromatic carbocycles. The molecule has 1 atom stereocenters. The summed E-state index contributed by atoms with van der Waals surface area (Å²) in [7, 11) is 0. The van der Waals surface area contributed by atoms with E-state index < -0.39 is 0 Å². The zero-order valence-electron chi connectivity index (χ0n) is 17.3. The molecule has 0 radical (unpaired) electrons. The zero-order chi connectivity index (χ0) is 22.2. The molecule has 3 N–H and O–H groups in total. The lowest BCUT2D eigenvalue weighted by Crippen LogP contribution is -2.48. The summed E-state index contributed by atoms with van der Waals surface area (Å²) in [5.41, 5.74) is 2.68. The molecule has 3 amide bonds. The third-order valence-corrected chi connectivity index (χ3v) is 5.54. The fraction of sp³-hybridized carbons (Fsp3) is 0.364. The van der Waals surface area contributed by atoms with Crippen LogP contribution in [-0.2, 0) is 22.6 Å². The average Bonchev–Trinajstić information content (AvgIpc) is 2.73. The number of anilines is 1. The monoisotopic (exact) mass is 464 g/mol. The lowest BCUT2D eigenvalue weighted by Gasteiger charge is -2.33. The number of ether oxygens (including phenoxy) is 1. The lowest BCUT2D eigenvalue weighted by atomic mass is 10.2. The first-order valence-electron chi connectivity index (χ1n) is 10.0. The Morgan fingerprint density at radius 1 is 1.10 bits per heavy atom. The number of carbonyl (C=O) groups is 2. The van der Waals surface area contributed by atoms with E-state index in [0.29, 0.717) is 42.0 Å². The summed E-state index contributed by atoms with van der Waals surface area (Å²) in [6.45, 7) is 5.09. The van der Waals surface area contributed by atoms with Gasteiger partial charge in [0.05, 0.1) is 22.8 Å². The second-order valence-electron chi connectivity index (χ2n) is 7.42. The van der Waals surface area contributed by atoms with Crippen molar-refractivity contribution in [3.8, 4) is 0 Å². The van der Waals surface area contributed by atoms with Gasteiger partial charge in [-0.05, 0) is 35.4 Å². The number of nitrogens with one attached hydrogen (secondary N) is 3. The molecule has 0 spiro atoms. The van der Waals surface area contributed by atoms with E-state index in [1.807, 2.05) is 30.3 Å². The van der Waals surface area contributed by atoms with Crippen molar-refractivity contribution in [1.29, 1.82) is 0 Å². The van der Waals surface area contributed by atoms with Crippen molar-refractivity contribution in [2.45, 2.75) is 26.1 Å². The number of urea groups is 1. The van der Waals surface area contributed by atoms with Gasteiger partial charge in [0, 0.05) is 45.3 Å². The summed E-state index contributed by atoms with van der Waals surface area (Å²) < 4.78 is 5.78. The molecule has 1 heterocycles. The second-order valence-corrected chi connectivity index (χ2v) is 8.24. The maximum atomic E-state index is 12.2. The number of carbonyl (C=O) groups excluding carboxylic acids is 2. The van der Waals surface area contributed by atoms with Crippen LogP contribution in [0.5, 0.6) is 0 Å². The Morgan fingerprint density at radius 2 is 1.94 bits per heavy atom. The Morgan fingerprint density at radius 3 is 2.71 bits per heavy atom. The van der Waals surface area contributed by atoms with Gasteiger partial charge in [0.1, 0.15) is 0 Å². The molecular formula is C22H26Cl2N4O3. The number of halogens is 2. The van der Waals surface area contributed by atoms with Crippen LogP contribution >= 0.6 is 23.2 Å². The molecule has 0 unspecified atom stereocenters. The standard InChI is InChI=1S/C22H26Cl2N4O3/c1-15(29)27-18-4-2-3-16(9-18)11-25-22(30)26-12-19-14-28(7-8-31-19)13-17-5-6-20(23)21(24)10-17/h2-6,9-10,19H,7-8,11-14H2,1H3,(H,27,29)(H2,25,26,30)/t19-/m0/s1. The zero-order valence-corrected chi connectivity index (χ0v) is 18.8. The van der Waals surface area contributed by atoms with Gasteiger partial charge >= 0.3 is 6.03 Å². The molecule has 1 fully saturated rings. The molecule has 1 aliphatic heterocycles. The molecule has 9 heteroatoms. The topological polar surface area (TPSA) is 82.7 Å². The van der Waals surface area contributed by atoms with Gasteiger partial charge in [0.25, 0.3) is 0 Å². The SMILES string of the molecule is CC(=O)Nc1cccc(CNC(=O)NC[C@H]2CN(Cc3ccc(Cl)c(Cl)c3)CCO2)c1. The van der Waals surface area contributed by atoms with Gasteiger partial charge in [-0.3, -0.25) is 9.69 Å². The molecular weight excluding hydrogens is 439 g/mol. The third-order valence-electron chi connectivity index (χ3n) is 4.80. The highest BCUT2D eigenvalue weighted by molar-refractivity contribution is 6.42. The van der Waals surface area contributed by atoms with E-state index in [-0.39, 0.29) is 18.0 Å². The fourth-order valence-corrected chi connectivity index (χ4v) is 3.68. The van der Waals surface area contributed by atoms with E-state index in [0.717, 1.165) is 24.2 Å². The maximum absolute atomic E-state index is 12.2. The highest BCUT2D eigenvalue weighted by Crippen LogP contribution is 2.23. The van der Waals surface area contributed by atoms with Gasteiger partial charge in [-0.1, -0.05) is 41.4 Å². The molecule has 3 rings (SSSR count). The molecule has 0 saturated carbocycles. The molecule has 31 heavy (non-hydrogen) atoms. The van der Waals surface area contributed by atoms with E-state index >= 15 is 0 Å². The molecule has 2 aromatic rings. The van der Waals surface area contributed by atoms with Gasteiger partial charge in [-0.25, -0.2) is 4.79 Å². The van der Waals surface area contributed by atoms with Crippen molar-refractivity contribution in [1.82, 2.24) is 15.5 Å². The number of hydrogen-bond donors (Lipinski definition) is 3. The van der Waals surface area contributed by atoms with E-state index in [1.54, 1.807) is 12.1 Å². The van der Waals surface area contributed by atoms with Gasteiger partial charge in [0.15, 0.2) is 0 Å². The summed E-state index contributed by atoms with van der Waals surface area (Å²) >= 11 is 12.1. The minimum absolute atomic E-state index is 0.0923. The van der Waals surface area contributed by atoms with Crippen LogP contribution in [0.1, 0.15) is 18.1 Å². The predicted octanol–water partition coefficient (Wildman–Crippen LogP) is 3.65. The van der Waals surface area contributed by atoms with E-state index in [9.17, 15) is 9.59 Å². The fourth-order valence-electron chi connectivity index (χ4n) is 3.36. The Bertz CT molecular complexity index is 925. The Balaban J connectivity index is 1.41.